The number of rotatable bonds is 5. The van der Waals surface area contributed by atoms with Crippen molar-refractivity contribution in [1.29, 1.82) is 0 Å². The molecule has 2 heterocycles. The standard InChI is InChI=1S/C14H23N5/c1-6-19-12(4)13(11(3)17-19)8-18(5)9-14-15-7-10(2)16-14/h7H,6,8-9H2,1-5H3,(H,15,16). The minimum absolute atomic E-state index is 0.823. The molecule has 104 valence electrons. The van der Waals surface area contributed by atoms with E-state index in [4.69, 9.17) is 0 Å². The van der Waals surface area contributed by atoms with Crippen molar-refractivity contribution in [3.63, 3.8) is 0 Å². The van der Waals surface area contributed by atoms with Crippen molar-refractivity contribution in [3.8, 4) is 0 Å². The number of aromatic nitrogens is 4. The van der Waals surface area contributed by atoms with E-state index in [0.29, 0.717) is 0 Å². The highest BCUT2D eigenvalue weighted by Gasteiger charge is 2.13. The van der Waals surface area contributed by atoms with Gasteiger partial charge in [-0.3, -0.25) is 9.58 Å². The fourth-order valence-corrected chi connectivity index (χ4v) is 2.40. The van der Waals surface area contributed by atoms with Gasteiger partial charge >= 0.3 is 0 Å². The van der Waals surface area contributed by atoms with Gasteiger partial charge in [0.15, 0.2) is 0 Å². The number of hydrogen-bond donors (Lipinski definition) is 1. The quantitative estimate of drug-likeness (QED) is 0.897. The number of imidazole rings is 1. The number of aryl methyl sites for hydroxylation is 3. The SMILES string of the molecule is CCn1nc(C)c(CN(C)Cc2ncc(C)[nH]2)c1C. The first-order valence-electron chi connectivity index (χ1n) is 6.73. The molecule has 0 fully saturated rings. The lowest BCUT2D eigenvalue weighted by molar-refractivity contribution is 0.310. The lowest BCUT2D eigenvalue weighted by atomic mass is 10.2. The van der Waals surface area contributed by atoms with Crippen LogP contribution in [0, 0.1) is 20.8 Å². The summed E-state index contributed by atoms with van der Waals surface area (Å²) in [6.07, 6.45) is 1.87. The van der Waals surface area contributed by atoms with Crippen molar-refractivity contribution in [2.45, 2.75) is 47.3 Å². The van der Waals surface area contributed by atoms with Gasteiger partial charge in [-0.1, -0.05) is 0 Å². The highest BCUT2D eigenvalue weighted by molar-refractivity contribution is 5.24. The molecule has 2 rings (SSSR count). The van der Waals surface area contributed by atoms with Crippen molar-refractivity contribution in [3.05, 3.63) is 34.7 Å². The summed E-state index contributed by atoms with van der Waals surface area (Å²) >= 11 is 0. The third-order valence-electron chi connectivity index (χ3n) is 3.43. The summed E-state index contributed by atoms with van der Waals surface area (Å²) in [7, 11) is 2.11. The average molecular weight is 261 g/mol. The maximum atomic E-state index is 4.56. The molecule has 5 heteroatoms. The van der Waals surface area contributed by atoms with Crippen LogP contribution in [-0.2, 0) is 19.6 Å². The van der Waals surface area contributed by atoms with Crippen LogP contribution in [0.2, 0.25) is 0 Å². The molecule has 0 saturated heterocycles. The first-order valence-corrected chi connectivity index (χ1v) is 6.73. The molecule has 0 bridgehead atoms. The fourth-order valence-electron chi connectivity index (χ4n) is 2.40. The second-order valence-corrected chi connectivity index (χ2v) is 5.15. The molecule has 0 aliphatic heterocycles. The van der Waals surface area contributed by atoms with E-state index in [9.17, 15) is 0 Å². The molecule has 0 aromatic carbocycles. The van der Waals surface area contributed by atoms with Gasteiger partial charge < -0.3 is 4.98 Å². The van der Waals surface area contributed by atoms with Gasteiger partial charge in [0.1, 0.15) is 5.82 Å². The molecule has 5 nitrogen and oxygen atoms in total. The summed E-state index contributed by atoms with van der Waals surface area (Å²) in [6, 6.07) is 0. The predicted octanol–water partition coefficient (Wildman–Crippen LogP) is 2.18. The van der Waals surface area contributed by atoms with Crippen molar-refractivity contribution in [1.82, 2.24) is 24.6 Å². The minimum atomic E-state index is 0.823. The van der Waals surface area contributed by atoms with Crippen LogP contribution < -0.4 is 0 Å². The molecule has 2 aromatic heterocycles. The van der Waals surface area contributed by atoms with E-state index in [0.717, 1.165) is 36.8 Å². The minimum Gasteiger partial charge on any atom is -0.345 e. The Bertz CT molecular complexity index is 552. The average Bonchev–Trinajstić information content (AvgIpc) is 2.87. The van der Waals surface area contributed by atoms with Crippen LogP contribution in [0.5, 0.6) is 0 Å². The monoisotopic (exact) mass is 261 g/mol. The van der Waals surface area contributed by atoms with Crippen LogP contribution in [0.1, 0.15) is 35.4 Å². The molecule has 0 aliphatic carbocycles. The van der Waals surface area contributed by atoms with E-state index in [-0.39, 0.29) is 0 Å². The zero-order chi connectivity index (χ0) is 14.0. The van der Waals surface area contributed by atoms with Gasteiger partial charge in [0.2, 0.25) is 0 Å². The Labute approximate surface area is 114 Å². The van der Waals surface area contributed by atoms with Crippen molar-refractivity contribution in [2.75, 3.05) is 7.05 Å². The first kappa shape index (κ1) is 13.8. The Hall–Kier alpha value is -1.62. The lowest BCUT2D eigenvalue weighted by Gasteiger charge is -2.15. The van der Waals surface area contributed by atoms with E-state index < -0.39 is 0 Å². The molecule has 19 heavy (non-hydrogen) atoms. The molecule has 0 amide bonds. The maximum absolute atomic E-state index is 4.56. The Balaban J connectivity index is 2.06. The smallest absolute Gasteiger partial charge is 0.120 e. The van der Waals surface area contributed by atoms with E-state index in [1.54, 1.807) is 0 Å². The molecular weight excluding hydrogens is 238 g/mol. The largest absolute Gasteiger partial charge is 0.345 e. The van der Waals surface area contributed by atoms with Crippen LogP contribution in [-0.4, -0.2) is 31.7 Å². The number of nitrogens with zero attached hydrogens (tertiary/aromatic N) is 4. The second kappa shape index (κ2) is 5.57. The third-order valence-corrected chi connectivity index (χ3v) is 3.43. The maximum Gasteiger partial charge on any atom is 0.120 e. The molecule has 0 unspecified atom stereocenters. The van der Waals surface area contributed by atoms with Gasteiger partial charge in [0, 0.05) is 36.2 Å². The number of hydrogen-bond acceptors (Lipinski definition) is 3. The number of H-pyrrole nitrogens is 1. The molecule has 0 spiro atoms. The van der Waals surface area contributed by atoms with Crippen LogP contribution in [0.3, 0.4) is 0 Å². The fraction of sp³-hybridized carbons (Fsp3) is 0.571. The molecule has 1 N–H and O–H groups in total. The summed E-state index contributed by atoms with van der Waals surface area (Å²) in [5.41, 5.74) is 4.83. The third kappa shape index (κ3) is 3.04. The van der Waals surface area contributed by atoms with Crippen LogP contribution in [0.25, 0.3) is 0 Å². The topological polar surface area (TPSA) is 49.7 Å². The summed E-state index contributed by atoms with van der Waals surface area (Å²) in [5, 5.41) is 4.56. The molecule has 0 aliphatic rings. The molecule has 0 saturated carbocycles. The van der Waals surface area contributed by atoms with E-state index in [2.05, 4.69) is 52.5 Å². The summed E-state index contributed by atoms with van der Waals surface area (Å²) in [5.74, 6) is 1.01. The first-order chi connectivity index (χ1) is 9.01. The molecule has 2 aromatic rings. The van der Waals surface area contributed by atoms with E-state index >= 15 is 0 Å². The summed E-state index contributed by atoms with van der Waals surface area (Å²) < 4.78 is 2.07. The van der Waals surface area contributed by atoms with Gasteiger partial charge in [0.05, 0.1) is 12.2 Å². The normalized spacial score (nSPS) is 11.5. The van der Waals surface area contributed by atoms with E-state index in [1.165, 1.54) is 11.3 Å². The van der Waals surface area contributed by atoms with Crippen molar-refractivity contribution >= 4 is 0 Å². The van der Waals surface area contributed by atoms with Gasteiger partial charge in [-0.2, -0.15) is 5.10 Å². The predicted molar refractivity (Wildman–Crippen MR) is 75.9 cm³/mol. The lowest BCUT2D eigenvalue weighted by Crippen LogP contribution is -2.19. The Morgan fingerprint density at radius 3 is 2.53 bits per heavy atom. The Morgan fingerprint density at radius 2 is 2.00 bits per heavy atom. The van der Waals surface area contributed by atoms with Crippen LogP contribution >= 0.6 is 0 Å². The molecule has 0 atom stereocenters. The second-order valence-electron chi connectivity index (χ2n) is 5.15. The van der Waals surface area contributed by atoms with Gasteiger partial charge in [-0.05, 0) is 34.7 Å². The Morgan fingerprint density at radius 1 is 1.26 bits per heavy atom. The molecular formula is C14H23N5. The highest BCUT2D eigenvalue weighted by Crippen LogP contribution is 2.15. The van der Waals surface area contributed by atoms with Crippen molar-refractivity contribution in [2.24, 2.45) is 0 Å². The zero-order valence-electron chi connectivity index (χ0n) is 12.5. The summed E-state index contributed by atoms with van der Waals surface area (Å²) in [4.78, 5) is 9.87. The van der Waals surface area contributed by atoms with Crippen LogP contribution in [0.4, 0.5) is 0 Å². The number of nitrogens with one attached hydrogen (secondary N) is 1. The van der Waals surface area contributed by atoms with Crippen LogP contribution in [0.15, 0.2) is 6.20 Å². The highest BCUT2D eigenvalue weighted by atomic mass is 15.3. The Kier molecular flexibility index (Phi) is 4.04. The zero-order valence-corrected chi connectivity index (χ0v) is 12.5. The van der Waals surface area contributed by atoms with Crippen molar-refractivity contribution < 1.29 is 0 Å². The summed E-state index contributed by atoms with van der Waals surface area (Å²) in [6.45, 7) is 11.0. The molecule has 0 radical (unpaired) electrons. The van der Waals surface area contributed by atoms with Gasteiger partial charge in [-0.15, -0.1) is 0 Å². The van der Waals surface area contributed by atoms with Gasteiger partial charge in [0.25, 0.3) is 0 Å². The van der Waals surface area contributed by atoms with Gasteiger partial charge in [-0.25, -0.2) is 4.98 Å². The van der Waals surface area contributed by atoms with E-state index in [1.807, 2.05) is 13.1 Å². The number of aromatic amines is 1.